The van der Waals surface area contributed by atoms with Gasteiger partial charge in [-0.1, -0.05) is 0 Å². The van der Waals surface area contributed by atoms with Gasteiger partial charge in [-0.05, 0) is 27.0 Å². The molecule has 0 saturated heterocycles. The van der Waals surface area contributed by atoms with Crippen molar-refractivity contribution in [2.75, 3.05) is 7.05 Å². The maximum Gasteiger partial charge on any atom is 0.242 e. The van der Waals surface area contributed by atoms with Crippen molar-refractivity contribution in [2.24, 2.45) is 0 Å². The van der Waals surface area contributed by atoms with Crippen LogP contribution in [0.1, 0.15) is 23.3 Å². The molecule has 0 saturated carbocycles. The Labute approximate surface area is 129 Å². The van der Waals surface area contributed by atoms with E-state index in [4.69, 9.17) is 0 Å². The highest BCUT2D eigenvalue weighted by Crippen LogP contribution is 2.16. The largest absolute Gasteiger partial charge is 0.349 e. The van der Waals surface area contributed by atoms with Gasteiger partial charge in [-0.2, -0.15) is 0 Å². The molecular formula is C13H20N4O2S2. The second kappa shape index (κ2) is 6.69. The summed E-state index contributed by atoms with van der Waals surface area (Å²) in [6, 6.07) is 1.70. The maximum absolute atomic E-state index is 12.3. The number of hydrogen-bond acceptors (Lipinski definition) is 5. The normalized spacial score (nSPS) is 12.0. The molecule has 116 valence electrons. The van der Waals surface area contributed by atoms with E-state index in [0.717, 1.165) is 22.9 Å². The van der Waals surface area contributed by atoms with Gasteiger partial charge in [0.25, 0.3) is 0 Å². The van der Waals surface area contributed by atoms with E-state index in [1.165, 1.54) is 11.3 Å². The van der Waals surface area contributed by atoms with Crippen LogP contribution in [-0.4, -0.2) is 25.0 Å². The number of sulfonamides is 1. The van der Waals surface area contributed by atoms with Gasteiger partial charge in [0.15, 0.2) is 0 Å². The molecule has 0 atom stereocenters. The quantitative estimate of drug-likeness (QED) is 0.807. The van der Waals surface area contributed by atoms with Crippen LogP contribution in [0.2, 0.25) is 0 Å². The van der Waals surface area contributed by atoms with E-state index < -0.39 is 10.0 Å². The van der Waals surface area contributed by atoms with Crippen molar-refractivity contribution in [3.8, 4) is 0 Å². The standard InChI is InChI=1S/C13H20N4O2S2/c1-4-17-8-12(5-11(17)6-14-3)21(18,19)15-7-13-16-10(2)9-20-13/h5,8-9,14-15H,4,6-7H2,1-3H3. The average molecular weight is 328 g/mol. The smallest absolute Gasteiger partial charge is 0.242 e. The number of hydrogen-bond donors (Lipinski definition) is 2. The Morgan fingerprint density at radius 1 is 1.38 bits per heavy atom. The minimum atomic E-state index is -3.51. The molecule has 0 fully saturated rings. The molecule has 0 amide bonds. The zero-order valence-corrected chi connectivity index (χ0v) is 14.0. The van der Waals surface area contributed by atoms with E-state index in [-0.39, 0.29) is 6.54 Å². The third kappa shape index (κ3) is 3.91. The van der Waals surface area contributed by atoms with Crippen molar-refractivity contribution in [2.45, 2.75) is 38.4 Å². The number of nitrogens with one attached hydrogen (secondary N) is 2. The van der Waals surface area contributed by atoms with Gasteiger partial charge in [-0.25, -0.2) is 18.1 Å². The van der Waals surface area contributed by atoms with Gasteiger partial charge in [0.05, 0.1) is 11.4 Å². The fourth-order valence-corrected chi connectivity index (χ4v) is 3.87. The monoisotopic (exact) mass is 328 g/mol. The van der Waals surface area contributed by atoms with Gasteiger partial charge in [0.2, 0.25) is 10.0 Å². The predicted octanol–water partition coefficient (Wildman–Crippen LogP) is 1.47. The van der Waals surface area contributed by atoms with E-state index in [2.05, 4.69) is 15.0 Å². The van der Waals surface area contributed by atoms with Crippen LogP contribution in [0.15, 0.2) is 22.5 Å². The molecule has 2 aromatic heterocycles. The second-order valence-electron chi connectivity index (χ2n) is 4.69. The van der Waals surface area contributed by atoms with E-state index in [9.17, 15) is 8.42 Å². The Morgan fingerprint density at radius 2 is 2.14 bits per heavy atom. The molecule has 2 N–H and O–H groups in total. The van der Waals surface area contributed by atoms with Crippen LogP contribution in [0, 0.1) is 6.92 Å². The number of nitrogens with zero attached hydrogens (tertiary/aromatic N) is 2. The first kappa shape index (κ1) is 16.2. The topological polar surface area (TPSA) is 76.0 Å². The van der Waals surface area contributed by atoms with Crippen LogP contribution in [0.5, 0.6) is 0 Å². The Morgan fingerprint density at radius 3 is 2.71 bits per heavy atom. The van der Waals surface area contributed by atoms with Crippen LogP contribution in [-0.2, 0) is 29.7 Å². The minimum Gasteiger partial charge on any atom is -0.349 e. The Kier molecular flexibility index (Phi) is 5.15. The van der Waals surface area contributed by atoms with Gasteiger partial charge < -0.3 is 9.88 Å². The molecule has 0 aromatic carbocycles. The van der Waals surface area contributed by atoms with Crippen LogP contribution in [0.3, 0.4) is 0 Å². The molecule has 0 spiro atoms. The molecule has 2 aromatic rings. The number of thiazole rings is 1. The van der Waals surface area contributed by atoms with Gasteiger partial charge in [-0.3, -0.25) is 0 Å². The first-order valence-corrected chi connectivity index (χ1v) is 9.07. The summed E-state index contributed by atoms with van der Waals surface area (Å²) in [6.07, 6.45) is 1.67. The lowest BCUT2D eigenvalue weighted by Gasteiger charge is -2.03. The summed E-state index contributed by atoms with van der Waals surface area (Å²) in [7, 11) is -1.67. The Hall–Kier alpha value is -1.22. The molecule has 0 unspecified atom stereocenters. The van der Waals surface area contributed by atoms with E-state index >= 15 is 0 Å². The van der Waals surface area contributed by atoms with Crippen LogP contribution in [0.4, 0.5) is 0 Å². The van der Waals surface area contributed by atoms with Crippen molar-refractivity contribution < 1.29 is 8.42 Å². The zero-order chi connectivity index (χ0) is 15.5. The molecule has 0 aliphatic carbocycles. The lowest BCUT2D eigenvalue weighted by molar-refractivity contribution is 0.580. The molecule has 0 bridgehead atoms. The molecule has 21 heavy (non-hydrogen) atoms. The first-order chi connectivity index (χ1) is 9.96. The molecule has 0 aliphatic rings. The summed E-state index contributed by atoms with van der Waals surface area (Å²) >= 11 is 1.45. The number of rotatable bonds is 7. The fraction of sp³-hybridized carbons (Fsp3) is 0.462. The maximum atomic E-state index is 12.3. The average Bonchev–Trinajstić information content (AvgIpc) is 3.04. The van der Waals surface area contributed by atoms with Crippen molar-refractivity contribution in [1.29, 1.82) is 0 Å². The van der Waals surface area contributed by atoms with Crippen molar-refractivity contribution in [3.63, 3.8) is 0 Å². The lowest BCUT2D eigenvalue weighted by Crippen LogP contribution is -2.22. The highest BCUT2D eigenvalue weighted by atomic mass is 32.2. The lowest BCUT2D eigenvalue weighted by atomic mass is 10.4. The van der Waals surface area contributed by atoms with Gasteiger partial charge in [0, 0.05) is 36.1 Å². The summed E-state index contributed by atoms with van der Waals surface area (Å²) in [5, 5.41) is 5.71. The Balaban J connectivity index is 2.15. The fourth-order valence-electron chi connectivity index (χ4n) is 2.02. The van der Waals surface area contributed by atoms with Crippen molar-refractivity contribution in [3.05, 3.63) is 34.0 Å². The van der Waals surface area contributed by atoms with E-state index in [1.807, 2.05) is 30.8 Å². The summed E-state index contributed by atoms with van der Waals surface area (Å²) < 4.78 is 29.2. The van der Waals surface area contributed by atoms with Crippen LogP contribution < -0.4 is 10.0 Å². The highest BCUT2D eigenvalue weighted by Gasteiger charge is 2.18. The number of aromatic nitrogens is 2. The van der Waals surface area contributed by atoms with Crippen molar-refractivity contribution in [1.82, 2.24) is 19.6 Å². The van der Waals surface area contributed by atoms with Crippen LogP contribution >= 0.6 is 11.3 Å². The summed E-state index contributed by atoms with van der Waals surface area (Å²) in [5.74, 6) is 0. The van der Waals surface area contributed by atoms with E-state index in [0.29, 0.717) is 11.4 Å². The first-order valence-electron chi connectivity index (χ1n) is 6.70. The zero-order valence-electron chi connectivity index (χ0n) is 12.4. The third-order valence-corrected chi connectivity index (χ3v) is 5.38. The van der Waals surface area contributed by atoms with Crippen molar-refractivity contribution >= 4 is 21.4 Å². The van der Waals surface area contributed by atoms with Crippen LogP contribution in [0.25, 0.3) is 0 Å². The molecule has 6 nitrogen and oxygen atoms in total. The summed E-state index contributed by atoms with van der Waals surface area (Å²) in [4.78, 5) is 4.55. The molecular weight excluding hydrogens is 308 g/mol. The van der Waals surface area contributed by atoms with E-state index in [1.54, 1.807) is 12.3 Å². The predicted molar refractivity (Wildman–Crippen MR) is 83.7 cm³/mol. The molecule has 2 rings (SSSR count). The van der Waals surface area contributed by atoms with Gasteiger partial charge in [-0.15, -0.1) is 11.3 Å². The summed E-state index contributed by atoms with van der Waals surface area (Å²) in [5.41, 5.74) is 1.85. The highest BCUT2D eigenvalue weighted by molar-refractivity contribution is 7.89. The SMILES string of the molecule is CCn1cc(S(=O)(=O)NCc2nc(C)cs2)cc1CNC. The Bertz CT molecular complexity index is 704. The third-order valence-electron chi connectivity index (χ3n) is 3.05. The molecule has 8 heteroatoms. The molecule has 0 radical (unpaired) electrons. The van der Waals surface area contributed by atoms with Gasteiger partial charge >= 0.3 is 0 Å². The molecule has 2 heterocycles. The minimum absolute atomic E-state index is 0.222. The molecule has 0 aliphatic heterocycles. The second-order valence-corrected chi connectivity index (χ2v) is 7.40. The number of aryl methyl sites for hydroxylation is 2. The summed E-state index contributed by atoms with van der Waals surface area (Å²) in [6.45, 7) is 5.47. The van der Waals surface area contributed by atoms with Gasteiger partial charge in [0.1, 0.15) is 5.01 Å².